The van der Waals surface area contributed by atoms with Gasteiger partial charge in [0.1, 0.15) is 11.3 Å². The van der Waals surface area contributed by atoms with Crippen molar-refractivity contribution >= 4 is 42.6 Å². The molecule has 3 aromatic rings. The van der Waals surface area contributed by atoms with E-state index in [-0.39, 0.29) is 11.8 Å². The van der Waals surface area contributed by atoms with Crippen LogP contribution in [0.1, 0.15) is 18.4 Å². The van der Waals surface area contributed by atoms with Crippen molar-refractivity contribution in [3.8, 4) is 5.75 Å². The Bertz CT molecular complexity index is 1160. The fourth-order valence-corrected chi connectivity index (χ4v) is 5.92. The predicted octanol–water partition coefficient (Wildman–Crippen LogP) is 3.65. The van der Waals surface area contributed by atoms with Crippen LogP contribution < -0.4 is 10.1 Å². The number of aromatic nitrogens is 1. The first-order chi connectivity index (χ1) is 14.4. The van der Waals surface area contributed by atoms with Crippen LogP contribution in [0.5, 0.6) is 5.75 Å². The van der Waals surface area contributed by atoms with Crippen LogP contribution in [-0.4, -0.2) is 43.8 Å². The summed E-state index contributed by atoms with van der Waals surface area (Å²) in [5.41, 5.74) is 1.73. The molecule has 1 aliphatic rings. The zero-order valence-corrected chi connectivity index (χ0v) is 18.4. The highest BCUT2D eigenvalue weighted by Crippen LogP contribution is 2.33. The zero-order valence-electron chi connectivity index (χ0n) is 16.8. The molecule has 30 heavy (non-hydrogen) atoms. The molecule has 0 radical (unpaired) electrons. The normalized spacial score (nSPS) is 15.9. The molecule has 0 bridgehead atoms. The monoisotopic (exact) mass is 445 g/mol. The first-order valence-corrected chi connectivity index (χ1v) is 12.0. The van der Waals surface area contributed by atoms with Gasteiger partial charge in [0.2, 0.25) is 15.9 Å². The van der Waals surface area contributed by atoms with Crippen LogP contribution in [0.2, 0.25) is 0 Å². The number of thiazole rings is 1. The van der Waals surface area contributed by atoms with E-state index in [1.807, 2.05) is 25.1 Å². The molecule has 1 aromatic heterocycles. The number of fused-ring (bicyclic) bond motifs is 1. The lowest BCUT2D eigenvalue weighted by atomic mass is 9.97. The first-order valence-electron chi connectivity index (χ1n) is 9.70. The summed E-state index contributed by atoms with van der Waals surface area (Å²) in [4.78, 5) is 17.5. The van der Waals surface area contributed by atoms with Crippen molar-refractivity contribution in [1.29, 1.82) is 0 Å². The number of rotatable bonds is 5. The molecule has 4 rings (SSSR count). The fourth-order valence-electron chi connectivity index (χ4n) is 3.57. The van der Waals surface area contributed by atoms with Gasteiger partial charge >= 0.3 is 0 Å². The lowest BCUT2D eigenvalue weighted by molar-refractivity contribution is -0.120. The molecule has 7 nitrogen and oxygen atoms in total. The molecule has 0 spiro atoms. The molecule has 1 amide bonds. The summed E-state index contributed by atoms with van der Waals surface area (Å²) >= 11 is 1.39. The Morgan fingerprint density at radius 1 is 1.17 bits per heavy atom. The maximum absolute atomic E-state index is 12.8. The maximum Gasteiger partial charge on any atom is 0.243 e. The summed E-state index contributed by atoms with van der Waals surface area (Å²) in [6, 6.07) is 12.5. The van der Waals surface area contributed by atoms with Gasteiger partial charge in [-0.25, -0.2) is 13.4 Å². The van der Waals surface area contributed by atoms with Crippen LogP contribution in [-0.2, 0) is 14.8 Å². The molecule has 1 aliphatic heterocycles. The number of methoxy groups -OCH3 is 1. The number of benzene rings is 2. The van der Waals surface area contributed by atoms with Crippen molar-refractivity contribution in [3.05, 3.63) is 48.0 Å². The van der Waals surface area contributed by atoms with Gasteiger partial charge < -0.3 is 10.1 Å². The van der Waals surface area contributed by atoms with Gasteiger partial charge in [0, 0.05) is 19.0 Å². The molecule has 0 atom stereocenters. The van der Waals surface area contributed by atoms with E-state index in [0.717, 1.165) is 15.8 Å². The smallest absolute Gasteiger partial charge is 0.243 e. The lowest BCUT2D eigenvalue weighted by Gasteiger charge is -2.30. The molecular weight excluding hydrogens is 422 g/mol. The van der Waals surface area contributed by atoms with Gasteiger partial charge in [-0.3, -0.25) is 4.79 Å². The Hall–Kier alpha value is -2.49. The fraction of sp³-hybridized carbons (Fsp3) is 0.333. The van der Waals surface area contributed by atoms with Crippen LogP contribution >= 0.6 is 11.3 Å². The molecule has 1 fully saturated rings. The highest BCUT2D eigenvalue weighted by atomic mass is 32.2. The Labute approximate surface area is 179 Å². The van der Waals surface area contributed by atoms with Gasteiger partial charge in [0.05, 0.1) is 16.7 Å². The number of ether oxygens (including phenoxy) is 1. The quantitative estimate of drug-likeness (QED) is 0.648. The summed E-state index contributed by atoms with van der Waals surface area (Å²) in [5.74, 6) is 0.294. The van der Waals surface area contributed by atoms with Crippen molar-refractivity contribution in [1.82, 2.24) is 9.29 Å². The minimum absolute atomic E-state index is 0.125. The third-order valence-corrected chi connectivity index (χ3v) is 8.16. The molecule has 9 heteroatoms. The number of hydrogen-bond donors (Lipinski definition) is 1. The lowest BCUT2D eigenvalue weighted by Crippen LogP contribution is -2.41. The number of amides is 1. The average Bonchev–Trinajstić information content (AvgIpc) is 3.16. The van der Waals surface area contributed by atoms with Crippen LogP contribution in [0.25, 0.3) is 10.2 Å². The van der Waals surface area contributed by atoms with Gasteiger partial charge in [-0.1, -0.05) is 35.1 Å². The SMILES string of the molecule is COc1cccc2sc(NC(=O)C3CCN(S(=O)(=O)c4ccc(C)cc4)CC3)nc12. The summed E-state index contributed by atoms with van der Waals surface area (Å²) in [5, 5.41) is 3.41. The van der Waals surface area contributed by atoms with Gasteiger partial charge in [-0.2, -0.15) is 4.31 Å². The van der Waals surface area contributed by atoms with E-state index in [1.54, 1.807) is 31.4 Å². The molecule has 0 unspecified atom stereocenters. The molecule has 2 aromatic carbocycles. The Morgan fingerprint density at radius 3 is 2.53 bits per heavy atom. The van der Waals surface area contributed by atoms with Gasteiger partial charge in [0.15, 0.2) is 5.13 Å². The number of sulfonamides is 1. The molecule has 158 valence electrons. The molecule has 0 aliphatic carbocycles. The van der Waals surface area contributed by atoms with Crippen molar-refractivity contribution in [2.45, 2.75) is 24.7 Å². The third kappa shape index (κ3) is 4.05. The molecule has 1 saturated heterocycles. The Kier molecular flexibility index (Phi) is 5.77. The van der Waals surface area contributed by atoms with Crippen LogP contribution in [0.15, 0.2) is 47.4 Å². The van der Waals surface area contributed by atoms with Crippen LogP contribution in [0.4, 0.5) is 5.13 Å². The number of piperidine rings is 1. The van der Waals surface area contributed by atoms with Crippen LogP contribution in [0.3, 0.4) is 0 Å². The second-order valence-electron chi connectivity index (χ2n) is 7.31. The standard InChI is InChI=1S/C21H23N3O4S2/c1-14-6-8-16(9-7-14)30(26,27)24-12-10-15(11-13-24)20(25)23-21-22-19-17(28-2)4-3-5-18(19)29-21/h3-9,15H,10-13H2,1-2H3,(H,22,23,25). The van der Waals surface area contributed by atoms with Crippen molar-refractivity contribution in [3.63, 3.8) is 0 Å². The van der Waals surface area contributed by atoms with Crippen molar-refractivity contribution < 1.29 is 17.9 Å². The number of anilines is 1. The first kappa shape index (κ1) is 20.8. The number of nitrogens with zero attached hydrogens (tertiary/aromatic N) is 2. The van der Waals surface area contributed by atoms with E-state index >= 15 is 0 Å². The highest BCUT2D eigenvalue weighted by Gasteiger charge is 2.32. The van der Waals surface area contributed by atoms with E-state index in [9.17, 15) is 13.2 Å². The third-order valence-electron chi connectivity index (χ3n) is 5.32. The number of carbonyl (C=O) groups excluding carboxylic acids is 1. The summed E-state index contributed by atoms with van der Waals surface area (Å²) < 4.78 is 33.4. The summed E-state index contributed by atoms with van der Waals surface area (Å²) in [6.45, 7) is 2.56. The topological polar surface area (TPSA) is 88.6 Å². The summed E-state index contributed by atoms with van der Waals surface area (Å²) in [7, 11) is -1.95. The highest BCUT2D eigenvalue weighted by molar-refractivity contribution is 7.89. The molecular formula is C21H23N3O4S2. The number of nitrogens with one attached hydrogen (secondary N) is 1. The number of para-hydroxylation sites is 1. The number of hydrogen-bond acceptors (Lipinski definition) is 6. The van der Waals surface area contributed by atoms with Gasteiger partial charge in [-0.05, 0) is 44.0 Å². The predicted molar refractivity (Wildman–Crippen MR) is 117 cm³/mol. The largest absolute Gasteiger partial charge is 0.494 e. The molecule has 1 N–H and O–H groups in total. The van der Waals surface area contributed by atoms with Crippen LogP contribution in [0, 0.1) is 12.8 Å². The molecule has 2 heterocycles. The number of carbonyl (C=O) groups is 1. The Balaban J connectivity index is 1.40. The van der Waals surface area contributed by atoms with Crippen molar-refractivity contribution in [2.24, 2.45) is 5.92 Å². The van der Waals surface area contributed by atoms with E-state index < -0.39 is 10.0 Å². The van der Waals surface area contributed by atoms with Gasteiger partial charge in [0.25, 0.3) is 0 Å². The second kappa shape index (κ2) is 8.33. The van der Waals surface area contributed by atoms with Crippen molar-refractivity contribution in [2.75, 3.05) is 25.5 Å². The second-order valence-corrected chi connectivity index (χ2v) is 10.3. The van der Waals surface area contributed by atoms with E-state index in [2.05, 4.69) is 10.3 Å². The minimum atomic E-state index is -3.53. The number of aryl methyl sites for hydroxylation is 1. The Morgan fingerprint density at radius 2 is 1.87 bits per heavy atom. The molecule has 0 saturated carbocycles. The van der Waals surface area contributed by atoms with Gasteiger partial charge in [-0.15, -0.1) is 0 Å². The maximum atomic E-state index is 12.8. The minimum Gasteiger partial charge on any atom is -0.494 e. The van der Waals surface area contributed by atoms with E-state index in [0.29, 0.717) is 41.7 Å². The van der Waals surface area contributed by atoms with E-state index in [1.165, 1.54) is 15.6 Å². The van der Waals surface area contributed by atoms with E-state index in [4.69, 9.17) is 4.74 Å². The zero-order chi connectivity index (χ0) is 21.3. The average molecular weight is 446 g/mol. The summed E-state index contributed by atoms with van der Waals surface area (Å²) in [6.07, 6.45) is 0.955.